The van der Waals surface area contributed by atoms with Gasteiger partial charge in [0, 0.05) is 37.2 Å². The topological polar surface area (TPSA) is 73.8 Å². The third-order valence-electron chi connectivity index (χ3n) is 5.57. The third-order valence-corrected chi connectivity index (χ3v) is 5.57. The van der Waals surface area contributed by atoms with E-state index in [4.69, 9.17) is 4.99 Å². The molecule has 2 aromatic rings. The number of hydrogen-bond acceptors (Lipinski definition) is 3. The summed E-state index contributed by atoms with van der Waals surface area (Å²) in [6.07, 6.45) is 1.21. The molecule has 144 valence electrons. The fraction of sp³-hybridized carbons (Fsp3) is 0.318. The number of nitrogens with one attached hydrogen (secondary N) is 2. The van der Waals surface area contributed by atoms with E-state index < -0.39 is 5.66 Å². The highest BCUT2D eigenvalue weighted by atomic mass is 16.2. The summed E-state index contributed by atoms with van der Waals surface area (Å²) in [4.78, 5) is 31.5. The molecule has 0 radical (unpaired) electrons. The quantitative estimate of drug-likeness (QED) is 0.844. The number of urea groups is 1. The summed E-state index contributed by atoms with van der Waals surface area (Å²) in [6.45, 7) is 5.16. The van der Waals surface area contributed by atoms with Crippen molar-refractivity contribution in [3.63, 3.8) is 0 Å². The second-order valence-electron chi connectivity index (χ2n) is 7.53. The highest BCUT2D eigenvalue weighted by molar-refractivity contribution is 6.46. The average Bonchev–Trinajstić information content (AvgIpc) is 3.01. The number of piperidine rings is 1. The van der Waals surface area contributed by atoms with Crippen LogP contribution in [0, 0.1) is 13.8 Å². The molecule has 6 nitrogen and oxygen atoms in total. The molecular weight excluding hydrogens is 352 g/mol. The summed E-state index contributed by atoms with van der Waals surface area (Å²) in [5, 5.41) is 6.01. The van der Waals surface area contributed by atoms with Gasteiger partial charge in [0.25, 0.3) is 5.91 Å². The van der Waals surface area contributed by atoms with Gasteiger partial charge in [-0.25, -0.2) is 4.79 Å². The number of carbonyl (C=O) groups is 2. The Kier molecular flexibility index (Phi) is 4.63. The molecule has 2 aromatic carbocycles. The van der Waals surface area contributed by atoms with Crippen LogP contribution in [0.5, 0.6) is 0 Å². The molecule has 4 rings (SSSR count). The summed E-state index contributed by atoms with van der Waals surface area (Å²) in [6, 6.07) is 15.3. The van der Waals surface area contributed by atoms with Crippen molar-refractivity contribution < 1.29 is 9.59 Å². The molecule has 2 N–H and O–H groups in total. The van der Waals surface area contributed by atoms with E-state index in [0.717, 1.165) is 16.8 Å². The van der Waals surface area contributed by atoms with Crippen LogP contribution < -0.4 is 10.6 Å². The number of hydrogen-bond donors (Lipinski definition) is 2. The molecule has 0 unspecified atom stereocenters. The van der Waals surface area contributed by atoms with E-state index in [1.165, 1.54) is 5.56 Å². The molecule has 2 heterocycles. The van der Waals surface area contributed by atoms with Crippen LogP contribution in [-0.2, 0) is 4.79 Å². The van der Waals surface area contributed by atoms with Gasteiger partial charge in [-0.05, 0) is 37.1 Å². The van der Waals surface area contributed by atoms with Crippen molar-refractivity contribution in [2.45, 2.75) is 32.4 Å². The van der Waals surface area contributed by atoms with E-state index in [1.807, 2.05) is 62.4 Å². The predicted molar refractivity (Wildman–Crippen MR) is 110 cm³/mol. The minimum atomic E-state index is -0.598. The lowest BCUT2D eigenvalue weighted by molar-refractivity contribution is -0.115. The normalized spacial score (nSPS) is 18.0. The van der Waals surface area contributed by atoms with E-state index >= 15 is 0 Å². The maximum Gasteiger partial charge on any atom is 0.321 e. The first-order chi connectivity index (χ1) is 13.5. The Morgan fingerprint density at radius 2 is 1.79 bits per heavy atom. The van der Waals surface area contributed by atoms with Gasteiger partial charge >= 0.3 is 6.03 Å². The van der Waals surface area contributed by atoms with Crippen molar-refractivity contribution in [2.75, 3.05) is 18.4 Å². The van der Waals surface area contributed by atoms with Crippen molar-refractivity contribution in [3.8, 4) is 0 Å². The minimum absolute atomic E-state index is 0.116. The number of rotatable bonds is 2. The molecule has 0 bridgehead atoms. The highest BCUT2D eigenvalue weighted by Crippen LogP contribution is 2.29. The van der Waals surface area contributed by atoms with Gasteiger partial charge in [0.2, 0.25) is 0 Å². The Balaban J connectivity index is 1.41. The Labute approximate surface area is 164 Å². The molecule has 1 saturated heterocycles. The zero-order valence-electron chi connectivity index (χ0n) is 16.2. The van der Waals surface area contributed by atoms with Crippen molar-refractivity contribution >= 4 is 23.3 Å². The first-order valence-corrected chi connectivity index (χ1v) is 9.57. The lowest BCUT2D eigenvalue weighted by Crippen LogP contribution is -2.53. The maximum atomic E-state index is 12.6. The number of carbonyl (C=O) groups excluding carboxylic acids is 2. The summed E-state index contributed by atoms with van der Waals surface area (Å²) in [7, 11) is 0. The second-order valence-corrected chi connectivity index (χ2v) is 7.53. The minimum Gasteiger partial charge on any atom is -0.326 e. The molecule has 1 fully saturated rings. The van der Waals surface area contributed by atoms with Gasteiger partial charge in [-0.2, -0.15) is 0 Å². The molecule has 0 aliphatic carbocycles. The van der Waals surface area contributed by atoms with Crippen molar-refractivity contribution in [1.82, 2.24) is 10.2 Å². The van der Waals surface area contributed by atoms with Crippen LogP contribution >= 0.6 is 0 Å². The van der Waals surface area contributed by atoms with E-state index in [0.29, 0.717) is 31.6 Å². The number of benzene rings is 2. The number of anilines is 1. The summed E-state index contributed by atoms with van der Waals surface area (Å²) >= 11 is 0. The van der Waals surface area contributed by atoms with Crippen LogP contribution in [0.15, 0.2) is 53.5 Å². The lowest BCUT2D eigenvalue weighted by atomic mass is 9.98. The molecule has 6 heteroatoms. The largest absolute Gasteiger partial charge is 0.326 e. The number of aliphatic imine (C=N–C) groups is 1. The van der Waals surface area contributed by atoms with Gasteiger partial charge in [-0.1, -0.05) is 36.4 Å². The van der Waals surface area contributed by atoms with Crippen molar-refractivity contribution in [3.05, 3.63) is 65.2 Å². The standard InChI is InChI=1S/C22H24N4O2/c1-15-8-9-18(14-16(15)2)23-21(28)26-12-10-22(11-13-26)24-19(20(27)25-22)17-6-4-3-5-7-17/h3-9,14H,10-13H2,1-2H3,(H,23,28)(H,25,27). The van der Waals surface area contributed by atoms with Crippen LogP contribution in [0.2, 0.25) is 0 Å². The van der Waals surface area contributed by atoms with Crippen LogP contribution in [-0.4, -0.2) is 41.3 Å². The molecule has 0 saturated carbocycles. The molecule has 1 spiro atoms. The van der Waals surface area contributed by atoms with E-state index in [1.54, 1.807) is 4.90 Å². The summed E-state index contributed by atoms with van der Waals surface area (Å²) < 4.78 is 0. The van der Waals surface area contributed by atoms with Gasteiger partial charge in [0.15, 0.2) is 0 Å². The van der Waals surface area contributed by atoms with E-state index in [2.05, 4.69) is 10.6 Å². The van der Waals surface area contributed by atoms with Crippen molar-refractivity contribution in [2.24, 2.45) is 4.99 Å². The predicted octanol–water partition coefficient (Wildman–Crippen LogP) is 3.25. The van der Waals surface area contributed by atoms with Crippen molar-refractivity contribution in [1.29, 1.82) is 0 Å². The van der Waals surface area contributed by atoms with E-state index in [-0.39, 0.29) is 11.9 Å². The van der Waals surface area contributed by atoms with Crippen LogP contribution in [0.25, 0.3) is 0 Å². The molecule has 28 heavy (non-hydrogen) atoms. The third kappa shape index (κ3) is 3.50. The Bertz CT molecular complexity index is 944. The maximum absolute atomic E-state index is 12.6. The first-order valence-electron chi connectivity index (χ1n) is 9.57. The lowest BCUT2D eigenvalue weighted by Gasteiger charge is -2.37. The monoisotopic (exact) mass is 376 g/mol. The fourth-order valence-electron chi connectivity index (χ4n) is 3.69. The second kappa shape index (κ2) is 7.11. The van der Waals surface area contributed by atoms with Crippen LogP contribution in [0.3, 0.4) is 0 Å². The van der Waals surface area contributed by atoms with Gasteiger partial charge in [-0.15, -0.1) is 0 Å². The zero-order chi connectivity index (χ0) is 19.7. The molecule has 0 atom stereocenters. The molecule has 0 aromatic heterocycles. The van der Waals surface area contributed by atoms with Gasteiger partial charge in [-0.3, -0.25) is 9.79 Å². The highest BCUT2D eigenvalue weighted by Gasteiger charge is 2.42. The van der Waals surface area contributed by atoms with E-state index in [9.17, 15) is 9.59 Å². The molecule has 2 aliphatic rings. The van der Waals surface area contributed by atoms with Crippen LogP contribution in [0.4, 0.5) is 10.5 Å². The van der Waals surface area contributed by atoms with Gasteiger partial charge in [0.05, 0.1) is 0 Å². The summed E-state index contributed by atoms with van der Waals surface area (Å²) in [5.74, 6) is -0.140. The fourth-order valence-corrected chi connectivity index (χ4v) is 3.69. The van der Waals surface area contributed by atoms with Gasteiger partial charge < -0.3 is 15.5 Å². The molecular formula is C22H24N4O2. The Hall–Kier alpha value is -3.15. The Morgan fingerprint density at radius 1 is 1.07 bits per heavy atom. The van der Waals surface area contributed by atoms with Gasteiger partial charge in [0.1, 0.15) is 11.4 Å². The van der Waals surface area contributed by atoms with Crippen LogP contribution in [0.1, 0.15) is 29.5 Å². The average molecular weight is 376 g/mol. The SMILES string of the molecule is Cc1ccc(NC(=O)N2CCC3(CC2)N=C(c2ccccc2)C(=O)N3)cc1C. The molecule has 2 aliphatic heterocycles. The number of likely N-dealkylation sites (tertiary alicyclic amines) is 1. The zero-order valence-corrected chi connectivity index (χ0v) is 16.2. The molecule has 3 amide bonds. The first kappa shape index (κ1) is 18.2. The number of amides is 3. The Morgan fingerprint density at radius 3 is 2.46 bits per heavy atom. The number of nitrogens with zero attached hydrogens (tertiary/aromatic N) is 2. The summed E-state index contributed by atoms with van der Waals surface area (Å²) in [5.41, 5.74) is 3.85. The number of aryl methyl sites for hydroxylation is 2. The smallest absolute Gasteiger partial charge is 0.321 e.